The Bertz CT molecular complexity index is 191. The molecule has 0 radical (unpaired) electrons. The Morgan fingerprint density at radius 1 is 1.42 bits per heavy atom. The molecule has 0 heterocycles. The third-order valence-electron chi connectivity index (χ3n) is 3.82. The van der Waals surface area contributed by atoms with Gasteiger partial charge in [0.1, 0.15) is 0 Å². The number of fused-ring (bicyclic) bond motifs is 2. The molecule has 0 aromatic carbocycles. The molecule has 3 aliphatic carbocycles. The summed E-state index contributed by atoms with van der Waals surface area (Å²) < 4.78 is 0. The Kier molecular flexibility index (Phi) is 1.85. The number of carboxylic acids is 1. The van der Waals surface area contributed by atoms with Crippen LogP contribution in [0.25, 0.3) is 0 Å². The maximum absolute atomic E-state index is 10.8. The summed E-state index contributed by atoms with van der Waals surface area (Å²) in [6.45, 7) is 1.87. The second-order valence-corrected chi connectivity index (χ2v) is 4.47. The van der Waals surface area contributed by atoms with Crippen molar-refractivity contribution in [2.45, 2.75) is 32.6 Å². The molecule has 2 atom stereocenters. The molecule has 12 heavy (non-hydrogen) atoms. The number of carboxylic acid groups (broad SMARTS) is 1. The van der Waals surface area contributed by atoms with Gasteiger partial charge >= 0.3 is 5.97 Å². The normalized spacial score (nSPS) is 41.6. The van der Waals surface area contributed by atoms with Gasteiger partial charge in [0.15, 0.2) is 0 Å². The van der Waals surface area contributed by atoms with Crippen LogP contribution in [0.4, 0.5) is 0 Å². The third-order valence-corrected chi connectivity index (χ3v) is 3.82. The highest BCUT2D eigenvalue weighted by Crippen LogP contribution is 2.51. The first-order valence-electron chi connectivity index (χ1n) is 4.91. The average molecular weight is 168 g/mol. The van der Waals surface area contributed by atoms with Gasteiger partial charge in [0.2, 0.25) is 0 Å². The predicted molar refractivity (Wildman–Crippen MR) is 45.7 cm³/mol. The van der Waals surface area contributed by atoms with E-state index in [9.17, 15) is 4.79 Å². The van der Waals surface area contributed by atoms with E-state index in [2.05, 4.69) is 0 Å². The number of aliphatic carboxylic acids is 1. The SMILES string of the molecule is CC(C(=O)O)C1CCC2CC1C2. The highest BCUT2D eigenvalue weighted by molar-refractivity contribution is 5.70. The van der Waals surface area contributed by atoms with E-state index in [0.717, 1.165) is 18.3 Å². The summed E-state index contributed by atoms with van der Waals surface area (Å²) in [4.78, 5) is 10.8. The quantitative estimate of drug-likeness (QED) is 0.686. The molecule has 3 rings (SSSR count). The summed E-state index contributed by atoms with van der Waals surface area (Å²) in [7, 11) is 0. The van der Waals surface area contributed by atoms with E-state index in [4.69, 9.17) is 5.11 Å². The van der Waals surface area contributed by atoms with Gasteiger partial charge in [-0.05, 0) is 37.0 Å². The molecule has 0 aliphatic heterocycles. The lowest BCUT2D eigenvalue weighted by Gasteiger charge is -2.48. The summed E-state index contributed by atoms with van der Waals surface area (Å²) in [5.74, 6) is 1.45. The topological polar surface area (TPSA) is 37.3 Å². The van der Waals surface area contributed by atoms with Crippen molar-refractivity contribution in [1.82, 2.24) is 0 Å². The van der Waals surface area contributed by atoms with Crippen LogP contribution in [0, 0.1) is 23.7 Å². The molecule has 3 aliphatic rings. The van der Waals surface area contributed by atoms with Gasteiger partial charge in [0.05, 0.1) is 5.92 Å². The zero-order valence-electron chi connectivity index (χ0n) is 7.49. The number of carbonyl (C=O) groups is 1. The lowest BCUT2D eigenvalue weighted by atomic mass is 9.57. The Morgan fingerprint density at radius 3 is 2.50 bits per heavy atom. The van der Waals surface area contributed by atoms with E-state index in [0.29, 0.717) is 5.92 Å². The standard InChI is InChI=1S/C10H16O2/c1-6(10(11)12)9-3-2-7-4-8(9)5-7/h6-9H,2-5H2,1H3,(H,11,12). The van der Waals surface area contributed by atoms with E-state index in [1.54, 1.807) is 0 Å². The maximum Gasteiger partial charge on any atom is 0.306 e. The first kappa shape index (κ1) is 8.09. The highest BCUT2D eigenvalue weighted by Gasteiger charge is 2.43. The first-order chi connectivity index (χ1) is 5.68. The molecule has 1 N–H and O–H groups in total. The molecule has 0 saturated heterocycles. The van der Waals surface area contributed by atoms with Crippen molar-refractivity contribution < 1.29 is 9.90 Å². The molecule has 2 unspecified atom stereocenters. The molecule has 3 saturated carbocycles. The van der Waals surface area contributed by atoms with Gasteiger partial charge in [0.25, 0.3) is 0 Å². The van der Waals surface area contributed by atoms with Gasteiger partial charge in [-0.1, -0.05) is 13.3 Å². The summed E-state index contributed by atoms with van der Waals surface area (Å²) in [5, 5.41) is 8.87. The van der Waals surface area contributed by atoms with Crippen molar-refractivity contribution in [1.29, 1.82) is 0 Å². The Hall–Kier alpha value is -0.530. The molecule has 0 aromatic rings. The van der Waals surface area contributed by atoms with Crippen LogP contribution in [-0.4, -0.2) is 11.1 Å². The fourth-order valence-corrected chi connectivity index (χ4v) is 2.88. The molecule has 2 nitrogen and oxygen atoms in total. The monoisotopic (exact) mass is 168 g/mol. The number of rotatable bonds is 2. The van der Waals surface area contributed by atoms with Gasteiger partial charge in [-0.15, -0.1) is 0 Å². The summed E-state index contributed by atoms with van der Waals surface area (Å²) in [5.41, 5.74) is 0. The molecule has 3 fully saturated rings. The van der Waals surface area contributed by atoms with E-state index < -0.39 is 5.97 Å². The second kappa shape index (κ2) is 2.75. The van der Waals surface area contributed by atoms with Crippen molar-refractivity contribution >= 4 is 5.97 Å². The van der Waals surface area contributed by atoms with Crippen LogP contribution in [0.2, 0.25) is 0 Å². The zero-order valence-corrected chi connectivity index (χ0v) is 7.49. The predicted octanol–water partition coefficient (Wildman–Crippen LogP) is 2.14. The minimum Gasteiger partial charge on any atom is -0.481 e. The fourth-order valence-electron chi connectivity index (χ4n) is 2.88. The summed E-state index contributed by atoms with van der Waals surface area (Å²) in [6.07, 6.45) is 5.05. The Labute approximate surface area is 73.0 Å². The average Bonchev–Trinajstić information content (AvgIpc) is 2.01. The molecular weight excluding hydrogens is 152 g/mol. The van der Waals surface area contributed by atoms with Crippen molar-refractivity contribution in [2.24, 2.45) is 23.7 Å². The van der Waals surface area contributed by atoms with Gasteiger partial charge in [-0.2, -0.15) is 0 Å². The van der Waals surface area contributed by atoms with E-state index in [1.165, 1.54) is 19.3 Å². The molecule has 2 bridgehead atoms. The van der Waals surface area contributed by atoms with Crippen LogP contribution in [0.3, 0.4) is 0 Å². The van der Waals surface area contributed by atoms with Crippen LogP contribution in [-0.2, 0) is 4.79 Å². The number of hydrogen-bond acceptors (Lipinski definition) is 1. The molecule has 0 spiro atoms. The summed E-state index contributed by atoms with van der Waals surface area (Å²) >= 11 is 0. The van der Waals surface area contributed by atoms with Crippen molar-refractivity contribution in [3.05, 3.63) is 0 Å². The van der Waals surface area contributed by atoms with Crippen LogP contribution in [0.1, 0.15) is 32.6 Å². The molecular formula is C10H16O2. The van der Waals surface area contributed by atoms with Gasteiger partial charge < -0.3 is 5.11 Å². The van der Waals surface area contributed by atoms with Crippen LogP contribution in [0.5, 0.6) is 0 Å². The minimum absolute atomic E-state index is 0.115. The Morgan fingerprint density at radius 2 is 2.08 bits per heavy atom. The summed E-state index contributed by atoms with van der Waals surface area (Å²) in [6, 6.07) is 0. The van der Waals surface area contributed by atoms with E-state index in [-0.39, 0.29) is 5.92 Å². The molecule has 0 amide bonds. The first-order valence-corrected chi connectivity index (χ1v) is 4.91. The van der Waals surface area contributed by atoms with Crippen LogP contribution in [0.15, 0.2) is 0 Å². The van der Waals surface area contributed by atoms with E-state index in [1.807, 2.05) is 6.92 Å². The smallest absolute Gasteiger partial charge is 0.306 e. The van der Waals surface area contributed by atoms with Gasteiger partial charge in [-0.25, -0.2) is 0 Å². The molecule has 2 heteroatoms. The largest absolute Gasteiger partial charge is 0.481 e. The number of hydrogen-bond donors (Lipinski definition) is 1. The Balaban J connectivity index is 1.98. The fraction of sp³-hybridized carbons (Fsp3) is 0.900. The van der Waals surface area contributed by atoms with Gasteiger partial charge in [0, 0.05) is 0 Å². The van der Waals surface area contributed by atoms with Crippen LogP contribution < -0.4 is 0 Å². The zero-order chi connectivity index (χ0) is 8.72. The lowest BCUT2D eigenvalue weighted by molar-refractivity contribution is -0.146. The maximum atomic E-state index is 10.8. The molecule has 0 aromatic heterocycles. The minimum atomic E-state index is -0.606. The second-order valence-electron chi connectivity index (χ2n) is 4.47. The van der Waals surface area contributed by atoms with Crippen molar-refractivity contribution in [2.75, 3.05) is 0 Å². The third kappa shape index (κ3) is 1.13. The van der Waals surface area contributed by atoms with Crippen molar-refractivity contribution in [3.63, 3.8) is 0 Å². The lowest BCUT2D eigenvalue weighted by Crippen LogP contribution is -2.40. The van der Waals surface area contributed by atoms with Crippen molar-refractivity contribution in [3.8, 4) is 0 Å². The van der Waals surface area contributed by atoms with Crippen LogP contribution >= 0.6 is 0 Å². The highest BCUT2D eigenvalue weighted by atomic mass is 16.4. The van der Waals surface area contributed by atoms with E-state index >= 15 is 0 Å². The van der Waals surface area contributed by atoms with Gasteiger partial charge in [-0.3, -0.25) is 4.79 Å². The molecule has 68 valence electrons.